The summed E-state index contributed by atoms with van der Waals surface area (Å²) in [6.07, 6.45) is 5.11. The molecule has 7 nitrogen and oxygen atoms in total. The first kappa shape index (κ1) is 18.5. The van der Waals surface area contributed by atoms with Crippen LogP contribution in [0, 0.1) is 10.8 Å². The van der Waals surface area contributed by atoms with Gasteiger partial charge in [0.05, 0.1) is 11.8 Å². The number of Topliss-reactive ketones (excluding diaryl/α,β-unsaturated/α-hetero) is 1. The van der Waals surface area contributed by atoms with Gasteiger partial charge < -0.3 is 5.32 Å². The normalized spacial score (nSPS) is 33.0. The number of azo groups is 1. The fourth-order valence-electron chi connectivity index (χ4n) is 5.56. The maximum atomic E-state index is 13.3. The van der Waals surface area contributed by atoms with Gasteiger partial charge in [-0.15, -0.1) is 5.11 Å². The van der Waals surface area contributed by atoms with Crippen LogP contribution in [0.5, 0.6) is 0 Å². The lowest BCUT2D eigenvalue weighted by Crippen LogP contribution is -2.44. The predicted octanol–water partition coefficient (Wildman–Crippen LogP) is 2.87. The van der Waals surface area contributed by atoms with E-state index in [1.807, 2.05) is 0 Å². The molecule has 152 valence electrons. The van der Waals surface area contributed by atoms with Gasteiger partial charge in [-0.25, -0.2) is 12.7 Å². The maximum absolute atomic E-state index is 13.3. The van der Waals surface area contributed by atoms with Crippen LogP contribution in [0.15, 0.2) is 32.9 Å². The van der Waals surface area contributed by atoms with E-state index < -0.39 is 15.4 Å². The van der Waals surface area contributed by atoms with E-state index in [9.17, 15) is 13.2 Å². The summed E-state index contributed by atoms with van der Waals surface area (Å²) in [4.78, 5) is 13.3. The second kappa shape index (κ2) is 5.98. The van der Waals surface area contributed by atoms with Gasteiger partial charge in [-0.1, -0.05) is 13.8 Å². The fourth-order valence-corrected chi connectivity index (χ4v) is 7.44. The summed E-state index contributed by atoms with van der Waals surface area (Å²) in [5, 5.41) is 11.8. The monoisotopic (exact) mass is 404 g/mol. The Bertz CT molecular complexity index is 942. The van der Waals surface area contributed by atoms with Gasteiger partial charge in [0.2, 0.25) is 10.0 Å². The molecule has 28 heavy (non-hydrogen) atoms. The molecule has 0 aromatic rings. The highest BCUT2D eigenvalue weighted by Crippen LogP contribution is 2.55. The second-order valence-electron chi connectivity index (χ2n) is 9.73. The lowest BCUT2D eigenvalue weighted by atomic mass is 9.60. The molecule has 0 aromatic carbocycles. The Labute approximate surface area is 166 Å². The Hall–Kier alpha value is -1.54. The van der Waals surface area contributed by atoms with Gasteiger partial charge in [0.25, 0.3) is 0 Å². The third-order valence-corrected chi connectivity index (χ3v) is 9.39. The number of hydrogen-bond acceptors (Lipinski definition) is 6. The van der Waals surface area contributed by atoms with Gasteiger partial charge in [0.15, 0.2) is 11.6 Å². The lowest BCUT2D eigenvalue weighted by Gasteiger charge is -2.45. The van der Waals surface area contributed by atoms with Crippen molar-refractivity contribution in [1.82, 2.24) is 9.62 Å². The van der Waals surface area contributed by atoms with E-state index in [1.165, 1.54) is 0 Å². The van der Waals surface area contributed by atoms with Crippen LogP contribution in [0.25, 0.3) is 0 Å². The largest absolute Gasteiger partial charge is 0.342 e. The highest BCUT2D eigenvalue weighted by atomic mass is 32.2. The van der Waals surface area contributed by atoms with E-state index in [4.69, 9.17) is 0 Å². The highest BCUT2D eigenvalue weighted by molar-refractivity contribution is 7.90. The molecule has 0 aromatic heterocycles. The number of ketones is 1. The average Bonchev–Trinajstić information content (AvgIpc) is 3.38. The first-order valence-corrected chi connectivity index (χ1v) is 11.9. The summed E-state index contributed by atoms with van der Waals surface area (Å²) < 4.78 is 27.3. The molecular weight excluding hydrogens is 376 g/mol. The molecule has 1 saturated heterocycles. The topological polar surface area (TPSA) is 91.2 Å². The van der Waals surface area contributed by atoms with Crippen molar-refractivity contribution >= 4 is 15.8 Å². The van der Waals surface area contributed by atoms with Crippen molar-refractivity contribution in [1.29, 1.82) is 0 Å². The lowest BCUT2D eigenvalue weighted by molar-refractivity contribution is -0.119. The number of sulfonamides is 1. The summed E-state index contributed by atoms with van der Waals surface area (Å²) in [6.45, 7) is 5.78. The Morgan fingerprint density at radius 2 is 1.93 bits per heavy atom. The van der Waals surface area contributed by atoms with E-state index in [0.717, 1.165) is 54.8 Å². The molecule has 0 amide bonds. The summed E-state index contributed by atoms with van der Waals surface area (Å²) in [7, 11) is -3.20. The van der Waals surface area contributed by atoms with Crippen LogP contribution >= 0.6 is 0 Å². The zero-order valence-electron chi connectivity index (χ0n) is 16.6. The molecule has 3 aliphatic heterocycles. The number of rotatable bonds is 2. The molecule has 1 saturated carbocycles. The Morgan fingerprint density at radius 3 is 2.68 bits per heavy atom. The molecule has 2 aliphatic carbocycles. The Morgan fingerprint density at radius 1 is 1.14 bits per heavy atom. The molecule has 8 heteroatoms. The van der Waals surface area contributed by atoms with Crippen LogP contribution in [0.4, 0.5) is 0 Å². The van der Waals surface area contributed by atoms with Gasteiger partial charge in [0.1, 0.15) is 0 Å². The third-order valence-electron chi connectivity index (χ3n) is 6.99. The molecule has 1 N–H and O–H groups in total. The smallest absolute Gasteiger partial charge is 0.216 e. The number of dihydropyridines is 1. The SMILES string of the molecule is CC1(C)CC(=O)C2=C(C1)NC1=C(CN=N1)[C@@]21CCCN(S(=O)(=O)C2CC2)CC1. The molecule has 0 radical (unpaired) electrons. The predicted molar refractivity (Wildman–Crippen MR) is 105 cm³/mol. The van der Waals surface area contributed by atoms with Crippen LogP contribution in [0.3, 0.4) is 0 Å². The number of nitrogens with zero attached hydrogens (tertiary/aromatic N) is 3. The first-order valence-electron chi connectivity index (χ1n) is 10.4. The van der Waals surface area contributed by atoms with Gasteiger partial charge in [0, 0.05) is 41.8 Å². The van der Waals surface area contributed by atoms with Crippen molar-refractivity contribution in [3.8, 4) is 0 Å². The van der Waals surface area contributed by atoms with E-state index >= 15 is 0 Å². The number of hydrogen-bond donors (Lipinski definition) is 1. The quantitative estimate of drug-likeness (QED) is 0.766. The zero-order valence-corrected chi connectivity index (χ0v) is 17.4. The van der Waals surface area contributed by atoms with Gasteiger partial charge in [-0.05, 0) is 43.9 Å². The van der Waals surface area contributed by atoms with Crippen LogP contribution < -0.4 is 5.32 Å². The first-order chi connectivity index (χ1) is 13.2. The van der Waals surface area contributed by atoms with Gasteiger partial charge in [-0.3, -0.25) is 4.79 Å². The van der Waals surface area contributed by atoms with Crippen molar-refractivity contribution in [2.45, 2.75) is 64.0 Å². The van der Waals surface area contributed by atoms with Crippen LogP contribution in [-0.4, -0.2) is 43.4 Å². The van der Waals surface area contributed by atoms with Crippen molar-refractivity contribution < 1.29 is 13.2 Å². The molecule has 0 unspecified atom stereocenters. The standard InChI is InChI=1S/C20H28N4O3S/c1-19(2)10-15-17(16(25)11-19)20(14-12-21-23-18(14)22-15)6-3-8-24(9-7-20)28(26,27)13-4-5-13/h13,22H,3-12H2,1-2H3/t20-/m0/s1. The molecule has 3 heterocycles. The second-order valence-corrected chi connectivity index (χ2v) is 11.9. The minimum Gasteiger partial charge on any atom is -0.342 e. The fraction of sp³-hybridized carbons (Fsp3) is 0.750. The van der Waals surface area contributed by atoms with Gasteiger partial charge in [-0.2, -0.15) is 5.11 Å². The molecule has 2 fully saturated rings. The molecule has 1 atom stereocenters. The summed E-state index contributed by atoms with van der Waals surface area (Å²) in [6, 6.07) is 0. The van der Waals surface area contributed by atoms with Crippen molar-refractivity contribution in [3.63, 3.8) is 0 Å². The summed E-state index contributed by atoms with van der Waals surface area (Å²) >= 11 is 0. The molecular formula is C20H28N4O3S. The van der Waals surface area contributed by atoms with Crippen molar-refractivity contribution in [3.05, 3.63) is 22.7 Å². The summed E-state index contributed by atoms with van der Waals surface area (Å²) in [5.74, 6) is 0.999. The van der Waals surface area contributed by atoms with E-state index in [0.29, 0.717) is 32.5 Å². The third kappa shape index (κ3) is 2.71. The highest BCUT2D eigenvalue weighted by Gasteiger charge is 2.52. The number of allylic oxidation sites excluding steroid dienone is 2. The van der Waals surface area contributed by atoms with Crippen LogP contribution in [0.1, 0.15) is 58.8 Å². The minimum atomic E-state index is -3.20. The van der Waals surface area contributed by atoms with Crippen molar-refractivity contribution in [2.24, 2.45) is 21.1 Å². The molecule has 0 bridgehead atoms. The molecule has 5 aliphatic rings. The molecule has 5 rings (SSSR count). The van der Waals surface area contributed by atoms with E-state index in [2.05, 4.69) is 29.4 Å². The van der Waals surface area contributed by atoms with E-state index in [-0.39, 0.29) is 16.4 Å². The minimum absolute atomic E-state index is 0.0794. The number of carbonyl (C=O) groups excluding carboxylic acids is 1. The average molecular weight is 405 g/mol. The van der Waals surface area contributed by atoms with Crippen LogP contribution in [0.2, 0.25) is 0 Å². The van der Waals surface area contributed by atoms with Gasteiger partial charge >= 0.3 is 0 Å². The Kier molecular flexibility index (Phi) is 3.95. The van der Waals surface area contributed by atoms with Crippen LogP contribution in [-0.2, 0) is 14.8 Å². The number of fused-ring (bicyclic) bond motifs is 2. The number of nitrogens with one attached hydrogen (secondary N) is 1. The summed E-state index contributed by atoms with van der Waals surface area (Å²) in [5.41, 5.74) is 2.47. The zero-order chi connectivity index (χ0) is 19.7. The Balaban J connectivity index is 1.55. The molecule has 1 spiro atoms. The van der Waals surface area contributed by atoms with Crippen molar-refractivity contribution in [2.75, 3.05) is 19.6 Å². The maximum Gasteiger partial charge on any atom is 0.216 e. The van der Waals surface area contributed by atoms with E-state index in [1.54, 1.807) is 4.31 Å². The number of carbonyl (C=O) groups is 1.